The summed E-state index contributed by atoms with van der Waals surface area (Å²) >= 11 is 3.31. The molecular formula is C23H17BrFN3O3. The molecule has 2 aromatic carbocycles. The summed E-state index contributed by atoms with van der Waals surface area (Å²) in [5.41, 5.74) is 2.48. The van der Waals surface area contributed by atoms with E-state index in [4.69, 9.17) is 0 Å². The third-order valence-corrected chi connectivity index (χ3v) is 5.58. The molecule has 1 N–H and O–H groups in total. The Morgan fingerprint density at radius 1 is 1.00 bits per heavy atom. The zero-order chi connectivity index (χ0) is 22.3. The van der Waals surface area contributed by atoms with E-state index in [1.807, 2.05) is 6.92 Å². The Morgan fingerprint density at radius 3 is 2.35 bits per heavy atom. The summed E-state index contributed by atoms with van der Waals surface area (Å²) in [5.74, 6) is -1.90. The largest absolute Gasteiger partial charge is 0.335 e. The summed E-state index contributed by atoms with van der Waals surface area (Å²) < 4.78 is 16.8. The zero-order valence-electron chi connectivity index (χ0n) is 16.6. The Balaban J connectivity index is 1.77. The Kier molecular flexibility index (Phi) is 5.32. The molecule has 0 unspecified atom stereocenters. The van der Waals surface area contributed by atoms with Gasteiger partial charge in [0.25, 0.3) is 11.8 Å². The molecule has 8 heteroatoms. The lowest BCUT2D eigenvalue weighted by Gasteiger charge is -2.26. The molecule has 0 aliphatic carbocycles. The molecule has 0 atom stereocenters. The summed E-state index contributed by atoms with van der Waals surface area (Å²) in [7, 11) is 0. The molecule has 4 amide bonds. The number of urea groups is 1. The van der Waals surface area contributed by atoms with Crippen LogP contribution in [-0.2, 0) is 9.59 Å². The van der Waals surface area contributed by atoms with Gasteiger partial charge in [-0.05, 0) is 68.0 Å². The van der Waals surface area contributed by atoms with Crippen molar-refractivity contribution in [3.8, 4) is 5.69 Å². The number of nitrogens with zero attached hydrogens (tertiary/aromatic N) is 2. The normalized spacial score (nSPS) is 15.5. The number of imide groups is 2. The fraction of sp³-hybridized carbons (Fsp3) is 0.0870. The first-order chi connectivity index (χ1) is 14.8. The predicted molar refractivity (Wildman–Crippen MR) is 118 cm³/mol. The molecule has 1 fully saturated rings. The number of carbonyl (C=O) groups excluding carboxylic acids is 3. The second kappa shape index (κ2) is 7.96. The lowest BCUT2D eigenvalue weighted by atomic mass is 10.1. The van der Waals surface area contributed by atoms with Crippen molar-refractivity contribution in [1.82, 2.24) is 9.88 Å². The Hall–Kier alpha value is -3.52. The number of barbiturate groups is 1. The summed E-state index contributed by atoms with van der Waals surface area (Å²) in [4.78, 5) is 38.8. The Morgan fingerprint density at radius 2 is 1.68 bits per heavy atom. The second-order valence-corrected chi connectivity index (χ2v) is 7.96. The number of para-hydroxylation sites is 1. The molecule has 0 radical (unpaired) electrons. The Labute approximate surface area is 186 Å². The molecule has 156 valence electrons. The van der Waals surface area contributed by atoms with E-state index in [2.05, 4.69) is 21.2 Å². The van der Waals surface area contributed by atoms with Gasteiger partial charge >= 0.3 is 6.03 Å². The standard InChI is InChI=1S/C23H17BrFN3O3/c1-13-11-15(14(2)27(13)20-6-4-3-5-19(20)25)12-18-21(29)26-23(31)28(22(18)30)17-9-7-16(24)8-10-17/h3-12H,1-2H3,(H,26,29,31)/b18-12+. The van der Waals surface area contributed by atoms with Crippen molar-refractivity contribution in [3.05, 3.63) is 87.4 Å². The van der Waals surface area contributed by atoms with Crippen LogP contribution in [0.25, 0.3) is 11.8 Å². The van der Waals surface area contributed by atoms with Gasteiger partial charge in [-0.1, -0.05) is 28.1 Å². The van der Waals surface area contributed by atoms with Gasteiger partial charge in [0, 0.05) is 15.9 Å². The van der Waals surface area contributed by atoms with Crippen molar-refractivity contribution < 1.29 is 18.8 Å². The summed E-state index contributed by atoms with van der Waals surface area (Å²) in [6.45, 7) is 3.58. The molecule has 4 rings (SSSR count). The monoisotopic (exact) mass is 481 g/mol. The SMILES string of the molecule is Cc1cc(/C=C2\C(=O)NC(=O)N(c3ccc(Br)cc3)C2=O)c(C)n1-c1ccccc1F. The van der Waals surface area contributed by atoms with Crippen molar-refractivity contribution in [2.75, 3.05) is 4.90 Å². The van der Waals surface area contributed by atoms with Crippen LogP contribution in [0.5, 0.6) is 0 Å². The highest BCUT2D eigenvalue weighted by Gasteiger charge is 2.37. The van der Waals surface area contributed by atoms with Crippen LogP contribution in [0, 0.1) is 19.7 Å². The number of carbonyl (C=O) groups is 3. The third kappa shape index (κ3) is 3.70. The first-order valence-electron chi connectivity index (χ1n) is 9.39. The van der Waals surface area contributed by atoms with E-state index < -0.39 is 17.8 Å². The molecule has 0 bridgehead atoms. The van der Waals surface area contributed by atoms with Gasteiger partial charge < -0.3 is 4.57 Å². The van der Waals surface area contributed by atoms with E-state index in [1.54, 1.807) is 60.0 Å². The van der Waals surface area contributed by atoms with Crippen LogP contribution in [0.2, 0.25) is 0 Å². The topological polar surface area (TPSA) is 71.4 Å². The van der Waals surface area contributed by atoms with Gasteiger partial charge in [-0.15, -0.1) is 0 Å². The van der Waals surface area contributed by atoms with Crippen LogP contribution in [0.3, 0.4) is 0 Å². The minimum atomic E-state index is -0.814. The second-order valence-electron chi connectivity index (χ2n) is 7.05. The fourth-order valence-corrected chi connectivity index (χ4v) is 3.84. The number of hydrogen-bond acceptors (Lipinski definition) is 3. The van der Waals surface area contributed by atoms with Gasteiger partial charge in [-0.2, -0.15) is 0 Å². The van der Waals surface area contributed by atoms with Crippen molar-refractivity contribution in [3.63, 3.8) is 0 Å². The lowest BCUT2D eigenvalue weighted by Crippen LogP contribution is -2.54. The van der Waals surface area contributed by atoms with E-state index in [9.17, 15) is 18.8 Å². The van der Waals surface area contributed by atoms with Gasteiger partial charge in [-0.3, -0.25) is 14.9 Å². The number of rotatable bonds is 3. The smallest absolute Gasteiger partial charge is 0.315 e. The molecule has 1 aliphatic heterocycles. The first-order valence-corrected chi connectivity index (χ1v) is 10.2. The molecule has 1 saturated heterocycles. The van der Waals surface area contributed by atoms with Gasteiger partial charge in [-0.25, -0.2) is 14.1 Å². The van der Waals surface area contributed by atoms with Crippen LogP contribution < -0.4 is 10.2 Å². The molecule has 31 heavy (non-hydrogen) atoms. The minimum Gasteiger partial charge on any atom is -0.315 e. The van der Waals surface area contributed by atoms with E-state index in [-0.39, 0.29) is 11.4 Å². The zero-order valence-corrected chi connectivity index (χ0v) is 18.2. The molecule has 0 saturated carbocycles. The molecule has 1 aliphatic rings. The van der Waals surface area contributed by atoms with Crippen LogP contribution >= 0.6 is 15.9 Å². The number of benzene rings is 2. The predicted octanol–water partition coefficient (Wildman–Crippen LogP) is 4.66. The highest BCUT2D eigenvalue weighted by Crippen LogP contribution is 2.27. The number of aromatic nitrogens is 1. The molecule has 0 spiro atoms. The minimum absolute atomic E-state index is 0.184. The quantitative estimate of drug-likeness (QED) is 0.436. The van der Waals surface area contributed by atoms with Crippen LogP contribution in [0.4, 0.5) is 14.9 Å². The summed E-state index contributed by atoms with van der Waals surface area (Å²) in [6.07, 6.45) is 1.43. The molecule has 6 nitrogen and oxygen atoms in total. The molecule has 3 aromatic rings. The summed E-state index contributed by atoms with van der Waals surface area (Å²) in [6, 6.07) is 13.9. The van der Waals surface area contributed by atoms with Crippen LogP contribution in [-0.4, -0.2) is 22.4 Å². The highest BCUT2D eigenvalue weighted by atomic mass is 79.9. The lowest BCUT2D eigenvalue weighted by molar-refractivity contribution is -0.122. The van der Waals surface area contributed by atoms with Gasteiger partial charge in [0.1, 0.15) is 11.4 Å². The van der Waals surface area contributed by atoms with Gasteiger partial charge in [0.15, 0.2) is 0 Å². The Bertz CT molecular complexity index is 1260. The van der Waals surface area contributed by atoms with Gasteiger partial charge in [0.05, 0.1) is 11.4 Å². The highest BCUT2D eigenvalue weighted by molar-refractivity contribution is 9.10. The van der Waals surface area contributed by atoms with Crippen molar-refractivity contribution in [1.29, 1.82) is 0 Å². The van der Waals surface area contributed by atoms with E-state index in [0.29, 0.717) is 22.6 Å². The first kappa shape index (κ1) is 20.7. The van der Waals surface area contributed by atoms with E-state index in [0.717, 1.165) is 15.1 Å². The van der Waals surface area contributed by atoms with Crippen molar-refractivity contribution >= 4 is 45.5 Å². The van der Waals surface area contributed by atoms with Crippen molar-refractivity contribution in [2.24, 2.45) is 0 Å². The number of amides is 4. The third-order valence-electron chi connectivity index (χ3n) is 5.05. The average molecular weight is 482 g/mol. The van der Waals surface area contributed by atoms with Crippen LogP contribution in [0.15, 0.2) is 64.6 Å². The number of anilines is 1. The number of nitrogens with one attached hydrogen (secondary N) is 1. The molecular weight excluding hydrogens is 465 g/mol. The average Bonchev–Trinajstić information content (AvgIpc) is 3.00. The maximum absolute atomic E-state index is 14.3. The fourth-order valence-electron chi connectivity index (χ4n) is 3.58. The van der Waals surface area contributed by atoms with E-state index in [1.165, 1.54) is 12.1 Å². The molecule has 2 heterocycles. The van der Waals surface area contributed by atoms with Crippen molar-refractivity contribution in [2.45, 2.75) is 13.8 Å². The maximum Gasteiger partial charge on any atom is 0.335 e. The maximum atomic E-state index is 14.3. The molecule has 1 aromatic heterocycles. The summed E-state index contributed by atoms with van der Waals surface area (Å²) in [5, 5.41) is 2.21. The number of hydrogen-bond donors (Lipinski definition) is 1. The van der Waals surface area contributed by atoms with E-state index >= 15 is 0 Å². The van der Waals surface area contributed by atoms with Crippen LogP contribution in [0.1, 0.15) is 17.0 Å². The van der Waals surface area contributed by atoms with Gasteiger partial charge in [0.2, 0.25) is 0 Å². The number of halogens is 2. The number of aryl methyl sites for hydroxylation is 1.